The fourth-order valence-electron chi connectivity index (χ4n) is 1.99. The third-order valence-corrected chi connectivity index (χ3v) is 3.70. The summed E-state index contributed by atoms with van der Waals surface area (Å²) in [5.41, 5.74) is 6.21. The Bertz CT molecular complexity index is 441. The van der Waals surface area contributed by atoms with Gasteiger partial charge in [0, 0.05) is 19.2 Å². The maximum atomic E-state index is 12.1. The first-order chi connectivity index (χ1) is 9.08. The third kappa shape index (κ3) is 3.57. The maximum Gasteiger partial charge on any atom is 0.258 e. The van der Waals surface area contributed by atoms with Crippen LogP contribution < -0.4 is 16.4 Å². The van der Waals surface area contributed by atoms with E-state index >= 15 is 0 Å². The summed E-state index contributed by atoms with van der Waals surface area (Å²) in [5, 5.41) is 6.77. The molecule has 0 radical (unpaired) electrons. The van der Waals surface area contributed by atoms with Crippen LogP contribution in [0, 0.1) is 0 Å². The molecule has 1 aliphatic heterocycles. The lowest BCUT2D eigenvalue weighted by Crippen LogP contribution is -2.31. The molecule has 1 aromatic heterocycles. The normalized spacial score (nSPS) is 18.8. The number of ether oxygens (including phenoxy) is 1. The zero-order valence-electron chi connectivity index (χ0n) is 11.2. The highest BCUT2D eigenvalue weighted by Crippen LogP contribution is 2.27. The Kier molecular flexibility index (Phi) is 4.60. The molecule has 1 saturated heterocycles. The van der Waals surface area contributed by atoms with Crippen LogP contribution in [0.25, 0.3) is 0 Å². The summed E-state index contributed by atoms with van der Waals surface area (Å²) in [7, 11) is 0. The SMILES string of the molecule is CC(C)NC(=O)c1c(N)nsc1NCC1CCCO1. The van der Waals surface area contributed by atoms with Gasteiger partial charge in [-0.1, -0.05) is 0 Å². The number of amides is 1. The predicted octanol–water partition coefficient (Wildman–Crippen LogP) is 1.45. The molecule has 4 N–H and O–H groups in total. The zero-order chi connectivity index (χ0) is 13.8. The van der Waals surface area contributed by atoms with E-state index in [1.54, 1.807) is 0 Å². The van der Waals surface area contributed by atoms with E-state index in [2.05, 4.69) is 15.0 Å². The van der Waals surface area contributed by atoms with Gasteiger partial charge in [0.2, 0.25) is 0 Å². The number of anilines is 2. The van der Waals surface area contributed by atoms with Crippen molar-refractivity contribution >= 4 is 28.3 Å². The number of aromatic nitrogens is 1. The van der Waals surface area contributed by atoms with E-state index in [1.165, 1.54) is 11.5 Å². The number of rotatable bonds is 5. The maximum absolute atomic E-state index is 12.1. The van der Waals surface area contributed by atoms with Gasteiger partial charge in [0.05, 0.1) is 6.10 Å². The van der Waals surface area contributed by atoms with E-state index < -0.39 is 0 Å². The Balaban J connectivity index is 2.01. The number of hydrogen-bond acceptors (Lipinski definition) is 6. The molecule has 1 unspecified atom stereocenters. The van der Waals surface area contributed by atoms with Crippen LogP contribution in [0.4, 0.5) is 10.8 Å². The monoisotopic (exact) mass is 284 g/mol. The minimum atomic E-state index is -0.184. The first-order valence-electron chi connectivity index (χ1n) is 6.49. The number of nitrogens with two attached hydrogens (primary N) is 1. The fourth-order valence-corrected chi connectivity index (χ4v) is 2.71. The number of nitrogens with zero attached hydrogens (tertiary/aromatic N) is 1. The summed E-state index contributed by atoms with van der Waals surface area (Å²) in [4.78, 5) is 12.1. The lowest BCUT2D eigenvalue weighted by molar-refractivity contribution is 0.0944. The van der Waals surface area contributed by atoms with Gasteiger partial charge in [0.25, 0.3) is 5.91 Å². The summed E-state index contributed by atoms with van der Waals surface area (Å²) < 4.78 is 9.58. The highest BCUT2D eigenvalue weighted by atomic mass is 32.1. The quantitative estimate of drug-likeness (QED) is 0.761. The van der Waals surface area contributed by atoms with Crippen molar-refractivity contribution in [1.29, 1.82) is 0 Å². The first kappa shape index (κ1) is 14.1. The van der Waals surface area contributed by atoms with Crippen molar-refractivity contribution in [3.05, 3.63) is 5.56 Å². The second-order valence-electron chi connectivity index (χ2n) is 4.92. The molecule has 2 heterocycles. The minimum Gasteiger partial charge on any atom is -0.382 e. The summed E-state index contributed by atoms with van der Waals surface area (Å²) in [6, 6.07) is 0.0674. The van der Waals surface area contributed by atoms with Crippen LogP contribution in [0.5, 0.6) is 0 Å². The molecule has 7 heteroatoms. The van der Waals surface area contributed by atoms with Crippen LogP contribution in [0.1, 0.15) is 37.0 Å². The van der Waals surface area contributed by atoms with Crippen LogP contribution in [0.3, 0.4) is 0 Å². The van der Waals surface area contributed by atoms with Gasteiger partial charge in [0.1, 0.15) is 10.6 Å². The van der Waals surface area contributed by atoms with Gasteiger partial charge in [-0.25, -0.2) is 0 Å². The van der Waals surface area contributed by atoms with Crippen LogP contribution in [0.15, 0.2) is 0 Å². The molecule has 0 bridgehead atoms. The highest BCUT2D eigenvalue weighted by Gasteiger charge is 2.21. The minimum absolute atomic E-state index is 0.0674. The second kappa shape index (κ2) is 6.21. The third-order valence-electron chi connectivity index (χ3n) is 2.88. The molecule has 1 amide bonds. The lowest BCUT2D eigenvalue weighted by Gasteiger charge is -2.12. The van der Waals surface area contributed by atoms with Crippen molar-refractivity contribution < 1.29 is 9.53 Å². The number of carbonyl (C=O) groups excluding carboxylic acids is 1. The lowest BCUT2D eigenvalue weighted by atomic mass is 10.2. The smallest absolute Gasteiger partial charge is 0.258 e. The average molecular weight is 284 g/mol. The average Bonchev–Trinajstić information content (AvgIpc) is 2.94. The second-order valence-corrected chi connectivity index (χ2v) is 5.69. The Morgan fingerprint density at radius 2 is 2.42 bits per heavy atom. The van der Waals surface area contributed by atoms with Crippen molar-refractivity contribution in [2.24, 2.45) is 0 Å². The van der Waals surface area contributed by atoms with Crippen LogP contribution in [0.2, 0.25) is 0 Å². The van der Waals surface area contributed by atoms with Crippen LogP contribution >= 0.6 is 11.5 Å². The molecule has 6 nitrogen and oxygen atoms in total. The van der Waals surface area contributed by atoms with Crippen LogP contribution in [-0.2, 0) is 4.74 Å². The molecule has 1 aliphatic rings. The molecule has 0 aliphatic carbocycles. The standard InChI is InChI=1S/C12H20N4O2S/c1-7(2)15-11(17)9-10(13)16-19-12(9)14-6-8-4-3-5-18-8/h7-8,14H,3-6H2,1-2H3,(H2,13,16)(H,15,17). The van der Waals surface area contributed by atoms with Crippen molar-refractivity contribution in [2.45, 2.75) is 38.8 Å². The topological polar surface area (TPSA) is 89.3 Å². The molecule has 1 atom stereocenters. The van der Waals surface area contributed by atoms with Gasteiger partial charge in [-0.3, -0.25) is 4.79 Å². The van der Waals surface area contributed by atoms with Gasteiger partial charge < -0.3 is 21.1 Å². The van der Waals surface area contributed by atoms with Gasteiger partial charge >= 0.3 is 0 Å². The van der Waals surface area contributed by atoms with E-state index in [1.807, 2.05) is 13.8 Å². The zero-order valence-corrected chi connectivity index (χ0v) is 12.0. The molecule has 1 aromatic rings. The summed E-state index contributed by atoms with van der Waals surface area (Å²) in [5.74, 6) is 0.0917. The summed E-state index contributed by atoms with van der Waals surface area (Å²) in [6.45, 7) is 5.32. The number of carbonyl (C=O) groups is 1. The van der Waals surface area contributed by atoms with Gasteiger partial charge in [-0.05, 0) is 38.2 Å². The highest BCUT2D eigenvalue weighted by molar-refractivity contribution is 7.11. The molecule has 0 saturated carbocycles. The van der Waals surface area contributed by atoms with E-state index in [0.717, 1.165) is 19.4 Å². The first-order valence-corrected chi connectivity index (χ1v) is 7.26. The van der Waals surface area contributed by atoms with Gasteiger partial charge in [0.15, 0.2) is 5.82 Å². The van der Waals surface area contributed by atoms with E-state index in [0.29, 0.717) is 17.1 Å². The van der Waals surface area contributed by atoms with Crippen molar-refractivity contribution in [2.75, 3.05) is 24.2 Å². The molecule has 19 heavy (non-hydrogen) atoms. The summed E-state index contributed by atoms with van der Waals surface area (Å²) >= 11 is 1.21. The summed E-state index contributed by atoms with van der Waals surface area (Å²) in [6.07, 6.45) is 2.36. The largest absolute Gasteiger partial charge is 0.382 e. The van der Waals surface area contributed by atoms with Crippen LogP contribution in [-0.4, -0.2) is 35.6 Å². The Morgan fingerprint density at radius 1 is 1.63 bits per heavy atom. The molecule has 1 fully saturated rings. The Morgan fingerprint density at radius 3 is 3.05 bits per heavy atom. The number of hydrogen-bond donors (Lipinski definition) is 3. The van der Waals surface area contributed by atoms with E-state index in [-0.39, 0.29) is 23.9 Å². The van der Waals surface area contributed by atoms with Crippen molar-refractivity contribution in [3.8, 4) is 0 Å². The molecule has 2 rings (SSSR count). The number of nitrogens with one attached hydrogen (secondary N) is 2. The predicted molar refractivity (Wildman–Crippen MR) is 76.6 cm³/mol. The van der Waals surface area contributed by atoms with Gasteiger partial charge in [-0.15, -0.1) is 0 Å². The van der Waals surface area contributed by atoms with E-state index in [9.17, 15) is 4.79 Å². The Hall–Kier alpha value is -1.34. The van der Waals surface area contributed by atoms with Crippen molar-refractivity contribution in [3.63, 3.8) is 0 Å². The number of nitrogen functional groups attached to an aromatic ring is 1. The molecule has 106 valence electrons. The van der Waals surface area contributed by atoms with Crippen molar-refractivity contribution in [1.82, 2.24) is 9.69 Å². The molecule has 0 spiro atoms. The Labute approximate surface area is 116 Å². The van der Waals surface area contributed by atoms with E-state index in [4.69, 9.17) is 10.5 Å². The molecular formula is C12H20N4O2S. The molecule has 0 aromatic carbocycles. The van der Waals surface area contributed by atoms with Gasteiger partial charge in [-0.2, -0.15) is 4.37 Å². The fraction of sp³-hybridized carbons (Fsp3) is 0.667. The molecular weight excluding hydrogens is 264 g/mol.